The molecule has 0 spiro atoms. The minimum atomic E-state index is -0.849. The fourth-order valence-corrected chi connectivity index (χ4v) is 6.04. The van der Waals surface area contributed by atoms with Crippen LogP contribution in [-0.4, -0.2) is 50.6 Å². The van der Waals surface area contributed by atoms with Crippen LogP contribution >= 0.6 is 22.9 Å². The molecule has 1 aromatic carbocycles. The second-order valence-electron chi connectivity index (χ2n) is 7.99. The molecule has 164 valence electrons. The quantitative estimate of drug-likeness (QED) is 0.680. The van der Waals surface area contributed by atoms with Crippen molar-refractivity contribution in [2.45, 2.75) is 31.8 Å². The van der Waals surface area contributed by atoms with Crippen molar-refractivity contribution < 1.29 is 19.0 Å². The second-order valence-corrected chi connectivity index (χ2v) is 9.50. The van der Waals surface area contributed by atoms with E-state index >= 15 is 0 Å². The number of anilines is 1. The van der Waals surface area contributed by atoms with Crippen LogP contribution in [0.2, 0.25) is 5.02 Å². The summed E-state index contributed by atoms with van der Waals surface area (Å²) < 4.78 is 16.4. The molecule has 2 unspecified atom stereocenters. The van der Waals surface area contributed by atoms with Gasteiger partial charge in [0.2, 0.25) is 5.91 Å². The van der Waals surface area contributed by atoms with E-state index in [-0.39, 0.29) is 18.1 Å². The summed E-state index contributed by atoms with van der Waals surface area (Å²) >= 11 is 8.24. The molecular weight excluding hydrogens is 438 g/mol. The molecule has 5 rings (SSSR count). The number of nitrogens with one attached hydrogen (secondary N) is 2. The largest absolute Gasteiger partial charge is 0.469 e. The number of fused-ring (bicyclic) bond motifs is 3. The zero-order valence-electron chi connectivity index (χ0n) is 17.4. The maximum atomic E-state index is 12.2. The zero-order chi connectivity index (χ0) is 21.6. The summed E-state index contributed by atoms with van der Waals surface area (Å²) in [6.07, 6.45) is 1.14. The monoisotopic (exact) mass is 461 g/mol. The summed E-state index contributed by atoms with van der Waals surface area (Å²) in [5.74, 6) is -1.17. The van der Waals surface area contributed by atoms with Gasteiger partial charge in [0.15, 0.2) is 0 Å². The number of carbonyl (C=O) groups excluding carboxylic acids is 1. The normalized spacial score (nSPS) is 24.0. The summed E-state index contributed by atoms with van der Waals surface area (Å²) in [6.45, 7) is 3.46. The Labute approximate surface area is 189 Å². The predicted octanol–water partition coefficient (Wildman–Crippen LogP) is 3.19. The number of nitrogens with zero attached hydrogens (tertiary/aromatic N) is 1. The van der Waals surface area contributed by atoms with Crippen LogP contribution in [-0.2, 0) is 31.8 Å². The zero-order valence-corrected chi connectivity index (χ0v) is 18.9. The van der Waals surface area contributed by atoms with Gasteiger partial charge in [0.1, 0.15) is 6.17 Å². The molecule has 1 saturated heterocycles. The molecule has 7 nitrogen and oxygen atoms in total. The molecule has 2 aliphatic heterocycles. The first kappa shape index (κ1) is 20.9. The van der Waals surface area contributed by atoms with Crippen LogP contribution in [0.1, 0.15) is 28.5 Å². The number of rotatable bonds is 4. The SMILES string of the molecule is COC(=O)C1Cc2sc3c(c2C1)C(c1ccccc1Cl)=NCC(NC1(C)OCCO1)N3. The summed E-state index contributed by atoms with van der Waals surface area (Å²) in [7, 11) is 1.44. The molecule has 1 fully saturated rings. The Kier molecular flexibility index (Phi) is 5.52. The van der Waals surface area contributed by atoms with Crippen molar-refractivity contribution in [3.05, 3.63) is 50.9 Å². The van der Waals surface area contributed by atoms with E-state index in [9.17, 15) is 4.79 Å². The number of ether oxygens (including phenoxy) is 3. The summed E-state index contributed by atoms with van der Waals surface area (Å²) in [5.41, 5.74) is 3.91. The van der Waals surface area contributed by atoms with E-state index in [0.29, 0.717) is 37.6 Å². The van der Waals surface area contributed by atoms with Crippen molar-refractivity contribution in [3.8, 4) is 0 Å². The van der Waals surface area contributed by atoms with Gasteiger partial charge >= 0.3 is 5.97 Å². The van der Waals surface area contributed by atoms with Crippen LogP contribution < -0.4 is 10.6 Å². The van der Waals surface area contributed by atoms with Crippen LogP contribution in [0.3, 0.4) is 0 Å². The molecule has 0 bridgehead atoms. The molecule has 31 heavy (non-hydrogen) atoms. The van der Waals surface area contributed by atoms with Gasteiger partial charge in [0.25, 0.3) is 0 Å². The van der Waals surface area contributed by atoms with E-state index in [0.717, 1.165) is 27.4 Å². The van der Waals surface area contributed by atoms with Gasteiger partial charge in [-0.1, -0.05) is 29.8 Å². The molecule has 2 atom stereocenters. The fraction of sp³-hybridized carbons (Fsp3) is 0.455. The molecule has 1 aromatic heterocycles. The van der Waals surface area contributed by atoms with Gasteiger partial charge in [-0.25, -0.2) is 5.32 Å². The molecule has 1 aliphatic carbocycles. The molecular formula is C22H24ClN3O4S. The predicted molar refractivity (Wildman–Crippen MR) is 120 cm³/mol. The van der Waals surface area contributed by atoms with Crippen molar-refractivity contribution in [1.29, 1.82) is 0 Å². The number of thiophene rings is 1. The van der Waals surface area contributed by atoms with Crippen molar-refractivity contribution >= 4 is 39.6 Å². The molecule has 0 saturated carbocycles. The first-order valence-electron chi connectivity index (χ1n) is 10.3. The van der Waals surface area contributed by atoms with E-state index in [2.05, 4.69) is 10.6 Å². The lowest BCUT2D eigenvalue weighted by molar-refractivity contribution is -0.170. The fourth-order valence-electron chi connectivity index (χ4n) is 4.46. The smallest absolute Gasteiger partial charge is 0.309 e. The molecule has 0 amide bonds. The average Bonchev–Trinajstić information content (AvgIpc) is 3.41. The minimum Gasteiger partial charge on any atom is -0.469 e. The number of aliphatic imine (C=N–C) groups is 1. The van der Waals surface area contributed by atoms with Crippen molar-refractivity contribution in [2.75, 3.05) is 32.2 Å². The van der Waals surface area contributed by atoms with Gasteiger partial charge in [-0.2, -0.15) is 0 Å². The maximum absolute atomic E-state index is 12.2. The Bertz CT molecular complexity index is 1050. The third-order valence-electron chi connectivity index (χ3n) is 5.89. The minimum absolute atomic E-state index is 0.152. The van der Waals surface area contributed by atoms with Crippen molar-refractivity contribution in [1.82, 2.24) is 5.32 Å². The molecule has 0 radical (unpaired) electrons. The standard InChI is InChI=1S/C22H24ClN3O4S/c1-22(29-7-8-30-22)26-17-11-24-19(13-5-3-4-6-15(13)23)18-14-9-12(21(27)28-2)10-16(14)31-20(18)25-17/h3-6,12,17,25-26H,7-11H2,1-2H3. The van der Waals surface area contributed by atoms with Crippen LogP contribution in [0.25, 0.3) is 0 Å². The van der Waals surface area contributed by atoms with Crippen molar-refractivity contribution in [3.63, 3.8) is 0 Å². The van der Waals surface area contributed by atoms with Gasteiger partial charge in [-0.15, -0.1) is 11.3 Å². The number of hydrogen-bond acceptors (Lipinski definition) is 8. The lowest BCUT2D eigenvalue weighted by Crippen LogP contribution is -2.53. The number of esters is 1. The first-order chi connectivity index (χ1) is 15.0. The van der Waals surface area contributed by atoms with Gasteiger partial charge in [0.05, 0.1) is 43.5 Å². The van der Waals surface area contributed by atoms with E-state index in [1.807, 2.05) is 31.2 Å². The Morgan fingerprint density at radius 1 is 1.32 bits per heavy atom. The highest BCUT2D eigenvalue weighted by molar-refractivity contribution is 7.16. The number of carbonyl (C=O) groups is 1. The Hall–Kier alpha value is -1.97. The highest BCUT2D eigenvalue weighted by atomic mass is 35.5. The Morgan fingerprint density at radius 2 is 2.10 bits per heavy atom. The summed E-state index contributed by atoms with van der Waals surface area (Å²) in [6, 6.07) is 7.73. The van der Waals surface area contributed by atoms with E-state index in [1.54, 1.807) is 11.3 Å². The number of benzene rings is 1. The lowest BCUT2D eigenvalue weighted by Gasteiger charge is -2.29. The number of halogens is 1. The summed E-state index contributed by atoms with van der Waals surface area (Å²) in [4.78, 5) is 18.3. The molecule has 9 heteroatoms. The molecule has 3 heterocycles. The average molecular weight is 462 g/mol. The highest BCUT2D eigenvalue weighted by Gasteiger charge is 2.38. The maximum Gasteiger partial charge on any atom is 0.309 e. The van der Waals surface area contributed by atoms with E-state index < -0.39 is 5.91 Å². The number of methoxy groups -OCH3 is 1. The molecule has 2 aromatic rings. The van der Waals surface area contributed by atoms with E-state index in [4.69, 9.17) is 30.8 Å². The van der Waals surface area contributed by atoms with Crippen LogP contribution in [0, 0.1) is 5.92 Å². The molecule has 2 N–H and O–H groups in total. The van der Waals surface area contributed by atoms with Gasteiger partial charge in [-0.05, 0) is 24.5 Å². The van der Waals surface area contributed by atoms with Crippen LogP contribution in [0.5, 0.6) is 0 Å². The second kappa shape index (κ2) is 8.18. The van der Waals surface area contributed by atoms with Gasteiger partial charge < -0.3 is 19.5 Å². The Balaban J connectivity index is 1.54. The lowest BCUT2D eigenvalue weighted by atomic mass is 9.98. The van der Waals surface area contributed by atoms with Gasteiger partial charge in [-0.3, -0.25) is 9.79 Å². The molecule has 3 aliphatic rings. The third kappa shape index (κ3) is 3.87. The summed E-state index contributed by atoms with van der Waals surface area (Å²) in [5, 5.41) is 8.66. The Morgan fingerprint density at radius 3 is 2.84 bits per heavy atom. The van der Waals surface area contributed by atoms with Crippen LogP contribution in [0.4, 0.5) is 5.00 Å². The van der Waals surface area contributed by atoms with Gasteiger partial charge in [0, 0.05) is 28.0 Å². The third-order valence-corrected chi connectivity index (χ3v) is 7.40. The van der Waals surface area contributed by atoms with E-state index in [1.165, 1.54) is 12.0 Å². The number of hydrogen-bond donors (Lipinski definition) is 2. The highest BCUT2D eigenvalue weighted by Crippen LogP contribution is 2.44. The topological polar surface area (TPSA) is 81.2 Å². The van der Waals surface area contributed by atoms with Crippen molar-refractivity contribution in [2.24, 2.45) is 10.9 Å². The first-order valence-corrected chi connectivity index (χ1v) is 11.5. The van der Waals surface area contributed by atoms with Crippen LogP contribution in [0.15, 0.2) is 29.3 Å².